The lowest BCUT2D eigenvalue weighted by atomic mass is 9.78. The van der Waals surface area contributed by atoms with Crippen LogP contribution in [0.25, 0.3) is 0 Å². The summed E-state index contributed by atoms with van der Waals surface area (Å²) in [6.07, 6.45) is 0.881. The van der Waals surface area contributed by atoms with Gasteiger partial charge in [0.2, 0.25) is 0 Å². The van der Waals surface area contributed by atoms with Crippen molar-refractivity contribution in [1.82, 2.24) is 4.98 Å². The number of carbonyl (C=O) groups excluding carboxylic acids is 1. The first-order valence-corrected chi connectivity index (χ1v) is 10.4. The Labute approximate surface area is 182 Å². The molecule has 1 heterocycles. The Hall–Kier alpha value is -1.16. The van der Waals surface area contributed by atoms with Crippen molar-refractivity contribution >= 4 is 40.6 Å². The van der Waals surface area contributed by atoms with Gasteiger partial charge in [-0.05, 0) is 22.8 Å². The third-order valence-corrected chi connectivity index (χ3v) is 5.96. The molecule has 1 aromatic heterocycles. The van der Waals surface area contributed by atoms with Gasteiger partial charge in [-0.3, -0.25) is 4.79 Å². The molecule has 0 aliphatic heterocycles. The van der Waals surface area contributed by atoms with E-state index in [0.29, 0.717) is 12.8 Å². The zero-order chi connectivity index (χ0) is 21.4. The van der Waals surface area contributed by atoms with Crippen LogP contribution in [0, 0.1) is 0 Å². The molecule has 28 heavy (non-hydrogen) atoms. The fourth-order valence-electron chi connectivity index (χ4n) is 3.17. The predicted molar refractivity (Wildman–Crippen MR) is 119 cm³/mol. The smallest absolute Gasteiger partial charge is 0.180 e. The van der Waals surface area contributed by atoms with E-state index >= 15 is 0 Å². The lowest BCUT2D eigenvalue weighted by Gasteiger charge is -2.30. The lowest BCUT2D eigenvalue weighted by molar-refractivity contribution is 0.0979. The van der Waals surface area contributed by atoms with Gasteiger partial charge in [-0.15, -0.1) is 0 Å². The van der Waals surface area contributed by atoms with Crippen LogP contribution in [0.3, 0.4) is 0 Å². The fourth-order valence-corrected chi connectivity index (χ4v) is 3.79. The third-order valence-electron chi connectivity index (χ3n) is 4.73. The standard InChI is InChI=1S/C22H28Cl3NO2/c1-21(2,3)13-10-12(11-14(19(13)28-7)22(4,5)6)8-9-15(27)18-16(23)17(24)20(25)26-18/h10-11,26H,8-9H2,1-7H3. The molecule has 0 amide bonds. The van der Waals surface area contributed by atoms with Crippen LogP contribution in [0.2, 0.25) is 15.2 Å². The highest BCUT2D eigenvalue weighted by Crippen LogP contribution is 2.41. The van der Waals surface area contributed by atoms with Crippen LogP contribution in [0.5, 0.6) is 5.75 Å². The zero-order valence-corrected chi connectivity index (χ0v) is 19.8. The molecule has 3 nitrogen and oxygen atoms in total. The first-order chi connectivity index (χ1) is 12.8. The van der Waals surface area contributed by atoms with E-state index in [1.807, 2.05) is 0 Å². The summed E-state index contributed by atoms with van der Waals surface area (Å²) in [6.45, 7) is 13.0. The highest BCUT2D eigenvalue weighted by atomic mass is 35.5. The number of aromatic nitrogens is 1. The van der Waals surface area contributed by atoms with Gasteiger partial charge >= 0.3 is 0 Å². The Morgan fingerprint density at radius 2 is 1.46 bits per heavy atom. The highest BCUT2D eigenvalue weighted by molar-refractivity contribution is 6.49. The molecule has 154 valence electrons. The monoisotopic (exact) mass is 443 g/mol. The van der Waals surface area contributed by atoms with Crippen molar-refractivity contribution in [3.8, 4) is 5.75 Å². The molecule has 0 fully saturated rings. The van der Waals surface area contributed by atoms with E-state index in [1.54, 1.807) is 7.11 Å². The number of aryl methyl sites for hydroxylation is 1. The summed E-state index contributed by atoms with van der Waals surface area (Å²) in [6, 6.07) is 4.27. The van der Waals surface area contributed by atoms with Crippen LogP contribution < -0.4 is 4.74 Å². The molecular weight excluding hydrogens is 417 g/mol. The van der Waals surface area contributed by atoms with Gasteiger partial charge in [0.15, 0.2) is 5.78 Å². The molecule has 0 bridgehead atoms. The molecule has 0 unspecified atom stereocenters. The van der Waals surface area contributed by atoms with E-state index in [4.69, 9.17) is 39.5 Å². The minimum Gasteiger partial charge on any atom is -0.496 e. The van der Waals surface area contributed by atoms with Crippen molar-refractivity contribution in [3.05, 3.63) is 49.7 Å². The number of hydrogen-bond acceptors (Lipinski definition) is 2. The van der Waals surface area contributed by atoms with Crippen molar-refractivity contribution in [3.63, 3.8) is 0 Å². The molecule has 1 aromatic carbocycles. The minimum atomic E-state index is -0.121. The molecule has 0 radical (unpaired) electrons. The quantitative estimate of drug-likeness (QED) is 0.488. The van der Waals surface area contributed by atoms with Gasteiger partial charge in [0.25, 0.3) is 0 Å². The number of hydrogen-bond donors (Lipinski definition) is 1. The molecule has 0 saturated carbocycles. The summed E-state index contributed by atoms with van der Waals surface area (Å²) in [5.74, 6) is 0.797. The topological polar surface area (TPSA) is 42.1 Å². The number of carbonyl (C=O) groups is 1. The van der Waals surface area contributed by atoms with Crippen molar-refractivity contribution < 1.29 is 9.53 Å². The number of nitrogens with one attached hydrogen (secondary N) is 1. The number of Topliss-reactive ketones (excluding diaryl/α,β-unsaturated/α-hetero) is 1. The van der Waals surface area contributed by atoms with Gasteiger partial charge in [0, 0.05) is 17.5 Å². The van der Waals surface area contributed by atoms with Crippen LogP contribution in [0.15, 0.2) is 12.1 Å². The number of H-pyrrole nitrogens is 1. The first-order valence-electron chi connectivity index (χ1n) is 9.25. The molecule has 0 atom stereocenters. The van der Waals surface area contributed by atoms with Crippen LogP contribution in [-0.4, -0.2) is 17.9 Å². The van der Waals surface area contributed by atoms with Crippen molar-refractivity contribution in [2.24, 2.45) is 0 Å². The largest absolute Gasteiger partial charge is 0.496 e. The fraction of sp³-hybridized carbons (Fsp3) is 0.500. The molecule has 0 saturated heterocycles. The Morgan fingerprint density at radius 1 is 0.964 bits per heavy atom. The molecule has 2 rings (SSSR count). The maximum Gasteiger partial charge on any atom is 0.180 e. The Morgan fingerprint density at radius 3 is 1.82 bits per heavy atom. The Bertz CT molecular complexity index is 851. The highest BCUT2D eigenvalue weighted by Gasteiger charge is 2.28. The van der Waals surface area contributed by atoms with Crippen molar-refractivity contribution in [2.75, 3.05) is 7.11 Å². The predicted octanol–water partition coefficient (Wildman–Crippen LogP) is 7.39. The third kappa shape index (κ3) is 4.87. The second-order valence-electron chi connectivity index (χ2n) is 9.09. The average molecular weight is 445 g/mol. The summed E-state index contributed by atoms with van der Waals surface area (Å²) >= 11 is 18.0. The van der Waals surface area contributed by atoms with Gasteiger partial charge in [0.1, 0.15) is 16.6 Å². The van der Waals surface area contributed by atoms with Crippen molar-refractivity contribution in [2.45, 2.75) is 65.2 Å². The summed E-state index contributed by atoms with van der Waals surface area (Å²) < 4.78 is 5.79. The molecule has 2 aromatic rings. The normalized spacial score (nSPS) is 12.4. The zero-order valence-electron chi connectivity index (χ0n) is 17.5. The molecule has 0 spiro atoms. The minimum absolute atomic E-state index is 0.0881. The summed E-state index contributed by atoms with van der Waals surface area (Å²) in [5.41, 5.74) is 3.44. The Balaban J connectivity index is 2.40. The van der Waals surface area contributed by atoms with Crippen molar-refractivity contribution in [1.29, 1.82) is 0 Å². The SMILES string of the molecule is COc1c(C(C)(C)C)cc(CCC(=O)c2[nH]c(Cl)c(Cl)c2Cl)cc1C(C)(C)C. The molecule has 0 aliphatic rings. The average Bonchev–Trinajstić information content (AvgIpc) is 2.84. The van der Waals surface area contributed by atoms with Gasteiger partial charge in [-0.25, -0.2) is 0 Å². The van der Waals surface area contributed by atoms with Crippen LogP contribution >= 0.6 is 34.8 Å². The Kier molecular flexibility index (Phi) is 6.85. The van der Waals surface area contributed by atoms with Gasteiger partial charge < -0.3 is 9.72 Å². The van der Waals surface area contributed by atoms with E-state index in [9.17, 15) is 4.79 Å². The van der Waals surface area contributed by atoms with Crippen LogP contribution in [0.1, 0.15) is 75.1 Å². The maximum atomic E-state index is 12.6. The van der Waals surface area contributed by atoms with Crippen LogP contribution in [-0.2, 0) is 17.3 Å². The van der Waals surface area contributed by atoms with Gasteiger partial charge in [0.05, 0.1) is 17.2 Å². The second-order valence-corrected chi connectivity index (χ2v) is 10.2. The molecular formula is C22H28Cl3NO2. The number of methoxy groups -OCH3 is 1. The summed E-state index contributed by atoms with van der Waals surface area (Å²) in [5, 5.41) is 0.544. The van der Waals surface area contributed by atoms with Gasteiger partial charge in [-0.2, -0.15) is 0 Å². The van der Waals surface area contributed by atoms with E-state index < -0.39 is 0 Å². The van der Waals surface area contributed by atoms with E-state index in [-0.39, 0.29) is 37.5 Å². The van der Waals surface area contributed by atoms with E-state index in [0.717, 1.165) is 22.4 Å². The number of aromatic amines is 1. The number of halogens is 3. The number of ketones is 1. The molecule has 6 heteroatoms. The molecule has 1 N–H and O–H groups in total. The summed E-state index contributed by atoms with van der Waals surface area (Å²) in [7, 11) is 1.71. The number of benzene rings is 1. The number of ether oxygens (including phenoxy) is 1. The van der Waals surface area contributed by atoms with Gasteiger partial charge in [-0.1, -0.05) is 88.5 Å². The van der Waals surface area contributed by atoms with E-state index in [2.05, 4.69) is 58.7 Å². The summed E-state index contributed by atoms with van der Waals surface area (Å²) in [4.78, 5) is 15.4. The number of rotatable bonds is 5. The molecule has 0 aliphatic carbocycles. The van der Waals surface area contributed by atoms with Crippen LogP contribution in [0.4, 0.5) is 0 Å². The maximum absolute atomic E-state index is 12.6. The second kappa shape index (κ2) is 8.30. The lowest BCUT2D eigenvalue weighted by Crippen LogP contribution is -2.20. The van der Waals surface area contributed by atoms with E-state index in [1.165, 1.54) is 0 Å². The first kappa shape index (κ1) is 23.1.